The lowest BCUT2D eigenvalue weighted by Crippen LogP contribution is -2.29. The zero-order chi connectivity index (χ0) is 23.9. The van der Waals surface area contributed by atoms with Crippen LogP contribution in [0.1, 0.15) is 28.3 Å². The van der Waals surface area contributed by atoms with Crippen molar-refractivity contribution in [1.29, 1.82) is 0 Å². The molecule has 0 saturated heterocycles. The second-order valence-electron chi connectivity index (χ2n) is 7.81. The first-order valence-electron chi connectivity index (χ1n) is 10.5. The number of carbonyl (C=O) groups excluding carboxylic acids is 1. The number of fused-ring (bicyclic) bond motifs is 2. The van der Waals surface area contributed by atoms with Gasteiger partial charge in [0.2, 0.25) is 6.79 Å². The Morgan fingerprint density at radius 2 is 1.85 bits per heavy atom. The molecule has 174 valence electrons. The Hall–Kier alpha value is -3.63. The van der Waals surface area contributed by atoms with Gasteiger partial charge in [0.15, 0.2) is 11.5 Å². The van der Waals surface area contributed by atoms with Crippen molar-refractivity contribution >= 4 is 43.2 Å². The van der Waals surface area contributed by atoms with E-state index in [1.54, 1.807) is 42.3 Å². The number of nitrogens with zero attached hydrogens (tertiary/aromatic N) is 2. The minimum absolute atomic E-state index is 0.0166. The number of anilines is 1. The van der Waals surface area contributed by atoms with Crippen LogP contribution in [0.5, 0.6) is 11.5 Å². The molecule has 0 radical (unpaired) electrons. The third-order valence-electron chi connectivity index (χ3n) is 5.59. The molecule has 0 spiro atoms. The van der Waals surface area contributed by atoms with E-state index >= 15 is 0 Å². The van der Waals surface area contributed by atoms with Gasteiger partial charge in [-0.25, -0.2) is 13.4 Å². The van der Waals surface area contributed by atoms with Crippen LogP contribution in [0.3, 0.4) is 0 Å². The summed E-state index contributed by atoms with van der Waals surface area (Å²) in [5.41, 5.74) is 1.49. The van der Waals surface area contributed by atoms with E-state index in [1.807, 2.05) is 31.2 Å². The largest absolute Gasteiger partial charge is 0.454 e. The van der Waals surface area contributed by atoms with Gasteiger partial charge >= 0.3 is 0 Å². The normalized spacial score (nSPS) is 13.6. The predicted molar refractivity (Wildman–Crippen MR) is 130 cm³/mol. The van der Waals surface area contributed by atoms with Crippen molar-refractivity contribution in [3.05, 3.63) is 77.3 Å². The molecule has 0 unspecified atom stereocenters. The quantitative estimate of drug-likeness (QED) is 0.418. The molecule has 5 rings (SSSR count). The topological polar surface area (TPSA) is 97.8 Å². The zero-order valence-corrected chi connectivity index (χ0v) is 20.0. The molecule has 10 heteroatoms. The Labute approximate surface area is 200 Å². The Kier molecular flexibility index (Phi) is 5.62. The lowest BCUT2D eigenvalue weighted by atomic mass is 10.2. The molecule has 0 aliphatic carbocycles. The molecule has 1 aliphatic heterocycles. The van der Waals surface area contributed by atoms with Gasteiger partial charge in [-0.1, -0.05) is 18.2 Å². The molecule has 1 amide bonds. The Balaban J connectivity index is 1.36. The van der Waals surface area contributed by atoms with E-state index < -0.39 is 10.0 Å². The maximum Gasteiger partial charge on any atom is 0.261 e. The monoisotopic (exact) mass is 495 g/mol. The van der Waals surface area contributed by atoms with Crippen LogP contribution in [0.25, 0.3) is 10.2 Å². The number of benzene rings is 3. The van der Waals surface area contributed by atoms with Gasteiger partial charge in [0.05, 0.1) is 26.8 Å². The summed E-state index contributed by atoms with van der Waals surface area (Å²) in [7, 11) is -2.24. The highest BCUT2D eigenvalue weighted by atomic mass is 32.2. The van der Waals surface area contributed by atoms with E-state index in [0.29, 0.717) is 17.2 Å². The van der Waals surface area contributed by atoms with Crippen molar-refractivity contribution in [2.24, 2.45) is 0 Å². The van der Waals surface area contributed by atoms with Gasteiger partial charge in [0.1, 0.15) is 5.01 Å². The number of carbonyl (C=O) groups is 1. The number of hydrogen-bond acceptors (Lipinski definition) is 7. The SMILES string of the molecule is C[C@H](c1nc2ccccc2s1)N(C)C(=O)c1cccc(S(=O)(=O)Nc2ccc3c(c2)OCO3)c1. The number of hydrogen-bond donors (Lipinski definition) is 1. The summed E-state index contributed by atoms with van der Waals surface area (Å²) >= 11 is 1.53. The summed E-state index contributed by atoms with van der Waals surface area (Å²) in [6, 6.07) is 18.3. The van der Waals surface area contributed by atoms with Gasteiger partial charge in [0.25, 0.3) is 15.9 Å². The average Bonchev–Trinajstić information content (AvgIpc) is 3.49. The molecular weight excluding hydrogens is 474 g/mol. The van der Waals surface area contributed by atoms with E-state index in [9.17, 15) is 13.2 Å². The standard InChI is InChI=1S/C24H21N3O5S2/c1-15(23-25-19-8-3-4-9-22(19)33-23)27(2)24(28)16-6-5-7-18(12-16)34(29,30)26-17-10-11-20-21(13-17)32-14-31-20/h3-13,15,26H,14H2,1-2H3/t15-/m1/s1. The number of nitrogens with one attached hydrogen (secondary N) is 1. The van der Waals surface area contributed by atoms with E-state index in [1.165, 1.54) is 23.5 Å². The van der Waals surface area contributed by atoms with Gasteiger partial charge in [-0.3, -0.25) is 9.52 Å². The number of amides is 1. The van der Waals surface area contributed by atoms with Crippen LogP contribution in [0.15, 0.2) is 71.6 Å². The van der Waals surface area contributed by atoms with Crippen LogP contribution < -0.4 is 14.2 Å². The molecule has 1 atom stereocenters. The number of aromatic nitrogens is 1. The van der Waals surface area contributed by atoms with Crippen LogP contribution >= 0.6 is 11.3 Å². The molecule has 0 bridgehead atoms. The summed E-state index contributed by atoms with van der Waals surface area (Å²) in [4.78, 5) is 19.4. The summed E-state index contributed by atoms with van der Waals surface area (Å²) in [6.45, 7) is 2.00. The smallest absolute Gasteiger partial charge is 0.261 e. The van der Waals surface area contributed by atoms with Gasteiger partial charge in [-0.2, -0.15) is 0 Å². The Morgan fingerprint density at radius 1 is 1.06 bits per heavy atom. The van der Waals surface area contributed by atoms with Crippen molar-refractivity contribution in [2.75, 3.05) is 18.6 Å². The van der Waals surface area contributed by atoms with Crippen LogP contribution in [-0.2, 0) is 10.0 Å². The zero-order valence-electron chi connectivity index (χ0n) is 18.4. The molecule has 8 nitrogen and oxygen atoms in total. The Morgan fingerprint density at radius 3 is 2.68 bits per heavy atom. The number of sulfonamides is 1. The van der Waals surface area contributed by atoms with Crippen LogP contribution in [0, 0.1) is 0 Å². The highest BCUT2D eigenvalue weighted by Gasteiger charge is 2.24. The lowest BCUT2D eigenvalue weighted by molar-refractivity contribution is 0.0742. The fourth-order valence-electron chi connectivity index (χ4n) is 3.58. The maximum absolute atomic E-state index is 13.2. The molecule has 1 aliphatic rings. The average molecular weight is 496 g/mol. The Bertz CT molecular complexity index is 1470. The van der Waals surface area contributed by atoms with Crippen LogP contribution in [-0.4, -0.2) is 38.0 Å². The molecular formula is C24H21N3O5S2. The molecule has 4 aromatic rings. The fraction of sp³-hybridized carbons (Fsp3) is 0.167. The molecule has 2 heterocycles. The van der Waals surface area contributed by atoms with Crippen molar-refractivity contribution in [1.82, 2.24) is 9.88 Å². The third-order valence-corrected chi connectivity index (χ3v) is 8.17. The molecule has 0 saturated carbocycles. The van der Waals surface area contributed by atoms with Crippen molar-refractivity contribution in [2.45, 2.75) is 17.9 Å². The second kappa shape index (κ2) is 8.62. The summed E-state index contributed by atoms with van der Waals surface area (Å²) in [5, 5.41) is 0.810. The van der Waals surface area contributed by atoms with Crippen molar-refractivity contribution in [3.8, 4) is 11.5 Å². The van der Waals surface area contributed by atoms with Crippen LogP contribution in [0.2, 0.25) is 0 Å². The van der Waals surface area contributed by atoms with E-state index in [-0.39, 0.29) is 29.2 Å². The van der Waals surface area contributed by atoms with Gasteiger partial charge in [-0.15, -0.1) is 11.3 Å². The van der Waals surface area contributed by atoms with Crippen molar-refractivity contribution in [3.63, 3.8) is 0 Å². The maximum atomic E-state index is 13.2. The van der Waals surface area contributed by atoms with Gasteiger partial charge < -0.3 is 14.4 Å². The second-order valence-corrected chi connectivity index (χ2v) is 10.6. The highest BCUT2D eigenvalue weighted by Crippen LogP contribution is 2.35. The first-order valence-corrected chi connectivity index (χ1v) is 12.8. The molecule has 3 aromatic carbocycles. The minimum atomic E-state index is -3.93. The van der Waals surface area contributed by atoms with Crippen LogP contribution in [0.4, 0.5) is 5.69 Å². The van der Waals surface area contributed by atoms with E-state index in [2.05, 4.69) is 9.71 Å². The van der Waals surface area contributed by atoms with E-state index in [4.69, 9.17) is 9.47 Å². The summed E-state index contributed by atoms with van der Waals surface area (Å²) < 4.78 is 40.1. The number of rotatable bonds is 6. The fourth-order valence-corrected chi connectivity index (χ4v) is 5.74. The number of para-hydroxylation sites is 1. The number of thiazole rings is 1. The summed E-state index contributed by atoms with van der Waals surface area (Å²) in [6.07, 6.45) is 0. The minimum Gasteiger partial charge on any atom is -0.454 e. The van der Waals surface area contributed by atoms with E-state index in [0.717, 1.165) is 15.2 Å². The first-order chi connectivity index (χ1) is 16.3. The lowest BCUT2D eigenvalue weighted by Gasteiger charge is -2.23. The molecule has 0 fully saturated rings. The first kappa shape index (κ1) is 22.2. The predicted octanol–water partition coefficient (Wildman–Crippen LogP) is 4.66. The third kappa shape index (κ3) is 4.17. The molecule has 34 heavy (non-hydrogen) atoms. The molecule has 1 N–H and O–H groups in total. The summed E-state index contributed by atoms with van der Waals surface area (Å²) in [5.74, 6) is 0.724. The van der Waals surface area contributed by atoms with Crippen molar-refractivity contribution < 1.29 is 22.7 Å². The van der Waals surface area contributed by atoms with Gasteiger partial charge in [-0.05, 0) is 49.4 Å². The number of ether oxygens (including phenoxy) is 2. The highest BCUT2D eigenvalue weighted by molar-refractivity contribution is 7.92. The van der Waals surface area contributed by atoms with Gasteiger partial charge in [0, 0.05) is 18.7 Å². The molecule has 1 aromatic heterocycles.